The lowest BCUT2D eigenvalue weighted by Crippen LogP contribution is -2.20. The lowest BCUT2D eigenvalue weighted by Gasteiger charge is -2.20. The van der Waals surface area contributed by atoms with Gasteiger partial charge in [-0.05, 0) is 37.3 Å². The molecule has 0 aliphatic carbocycles. The maximum atomic E-state index is 5.88. The zero-order chi connectivity index (χ0) is 15.4. The molecular formula is C15H20N4S2. The molecule has 2 heterocycles. The first-order valence-electron chi connectivity index (χ1n) is 6.98. The molecule has 0 spiro atoms. The fraction of sp³-hybridized carbons (Fsp3) is 0.400. The van der Waals surface area contributed by atoms with Gasteiger partial charge in [-0.2, -0.15) is 5.10 Å². The Morgan fingerprint density at radius 1 is 1.43 bits per heavy atom. The maximum absolute atomic E-state index is 5.88. The second kappa shape index (κ2) is 6.95. The van der Waals surface area contributed by atoms with Crippen LogP contribution in [0, 0.1) is 13.8 Å². The highest BCUT2D eigenvalue weighted by Gasteiger charge is 2.18. The summed E-state index contributed by atoms with van der Waals surface area (Å²) in [4.78, 5) is 1.64. The van der Waals surface area contributed by atoms with Gasteiger partial charge < -0.3 is 11.1 Å². The fourth-order valence-corrected chi connectivity index (χ4v) is 3.30. The molecule has 2 aromatic heterocycles. The molecular weight excluding hydrogens is 300 g/mol. The van der Waals surface area contributed by atoms with Crippen molar-refractivity contribution in [3.63, 3.8) is 0 Å². The van der Waals surface area contributed by atoms with Gasteiger partial charge in [0.05, 0.1) is 17.3 Å². The highest BCUT2D eigenvalue weighted by molar-refractivity contribution is 7.80. The zero-order valence-electron chi connectivity index (χ0n) is 12.5. The van der Waals surface area contributed by atoms with Crippen molar-refractivity contribution in [1.82, 2.24) is 10.2 Å². The summed E-state index contributed by atoms with van der Waals surface area (Å²) in [7, 11) is 0. The molecule has 0 fully saturated rings. The van der Waals surface area contributed by atoms with Gasteiger partial charge in [0.25, 0.3) is 0 Å². The summed E-state index contributed by atoms with van der Waals surface area (Å²) in [5.41, 5.74) is 8.52. The Kier molecular flexibility index (Phi) is 5.25. The van der Waals surface area contributed by atoms with Gasteiger partial charge in [-0.15, -0.1) is 16.4 Å². The van der Waals surface area contributed by atoms with Crippen molar-refractivity contribution in [2.45, 2.75) is 39.7 Å². The summed E-state index contributed by atoms with van der Waals surface area (Å²) >= 11 is 6.92. The van der Waals surface area contributed by atoms with Crippen molar-refractivity contribution in [1.29, 1.82) is 0 Å². The van der Waals surface area contributed by atoms with E-state index in [1.807, 2.05) is 13.8 Å². The van der Waals surface area contributed by atoms with Crippen molar-refractivity contribution in [3.8, 4) is 0 Å². The summed E-state index contributed by atoms with van der Waals surface area (Å²) in [5, 5.41) is 14.0. The largest absolute Gasteiger partial charge is 0.389 e. The van der Waals surface area contributed by atoms with E-state index in [1.54, 1.807) is 11.3 Å². The number of thiocarbonyl (C=S) groups is 1. The Bertz CT molecular complexity index is 623. The Morgan fingerprint density at radius 2 is 2.19 bits per heavy atom. The molecule has 0 aliphatic heterocycles. The number of nitrogens with one attached hydrogen (secondary N) is 1. The van der Waals surface area contributed by atoms with Crippen LogP contribution in [0.2, 0.25) is 0 Å². The van der Waals surface area contributed by atoms with Crippen molar-refractivity contribution in [2.75, 3.05) is 5.32 Å². The molecule has 112 valence electrons. The SMILES string of the molecule is CCCC(Nc1nnc(C)c(C)c1C(N)=S)c1cccs1. The van der Waals surface area contributed by atoms with Gasteiger partial charge in [-0.25, -0.2) is 0 Å². The van der Waals surface area contributed by atoms with Gasteiger partial charge in [0, 0.05) is 4.88 Å². The monoisotopic (exact) mass is 320 g/mol. The lowest BCUT2D eigenvalue weighted by atomic mass is 10.1. The first kappa shape index (κ1) is 15.9. The second-order valence-corrected chi connectivity index (χ2v) is 6.42. The highest BCUT2D eigenvalue weighted by Crippen LogP contribution is 2.29. The van der Waals surface area contributed by atoms with Gasteiger partial charge in [0.1, 0.15) is 4.99 Å². The molecule has 1 atom stereocenters. The third-order valence-corrected chi connectivity index (χ3v) is 4.67. The van der Waals surface area contributed by atoms with Crippen molar-refractivity contribution in [3.05, 3.63) is 39.2 Å². The number of nitrogens with zero attached hydrogens (tertiary/aromatic N) is 2. The predicted octanol–water partition coefficient (Wildman–Crippen LogP) is 3.74. The van der Waals surface area contributed by atoms with Crippen LogP contribution in [0.25, 0.3) is 0 Å². The first-order chi connectivity index (χ1) is 10.0. The molecule has 21 heavy (non-hydrogen) atoms. The molecule has 2 aromatic rings. The third-order valence-electron chi connectivity index (χ3n) is 3.48. The first-order valence-corrected chi connectivity index (χ1v) is 8.27. The Morgan fingerprint density at radius 3 is 2.76 bits per heavy atom. The van der Waals surface area contributed by atoms with E-state index in [2.05, 4.69) is 40.0 Å². The Labute approximate surface area is 134 Å². The number of anilines is 1. The quantitative estimate of drug-likeness (QED) is 0.794. The number of thiophene rings is 1. The van der Waals surface area contributed by atoms with E-state index in [0.717, 1.165) is 29.7 Å². The van der Waals surface area contributed by atoms with E-state index in [1.165, 1.54) is 4.88 Å². The van der Waals surface area contributed by atoms with E-state index in [-0.39, 0.29) is 6.04 Å². The summed E-state index contributed by atoms with van der Waals surface area (Å²) in [6, 6.07) is 4.40. The summed E-state index contributed by atoms with van der Waals surface area (Å²) < 4.78 is 0. The van der Waals surface area contributed by atoms with Gasteiger partial charge in [0.15, 0.2) is 5.82 Å². The van der Waals surface area contributed by atoms with Gasteiger partial charge >= 0.3 is 0 Å². The topological polar surface area (TPSA) is 63.8 Å². The van der Waals surface area contributed by atoms with E-state index < -0.39 is 0 Å². The minimum absolute atomic E-state index is 0.208. The number of hydrogen-bond acceptors (Lipinski definition) is 5. The summed E-state index contributed by atoms with van der Waals surface area (Å²) in [6.07, 6.45) is 2.10. The van der Waals surface area contributed by atoms with Gasteiger partial charge in [0.2, 0.25) is 0 Å². The van der Waals surface area contributed by atoms with Crippen LogP contribution < -0.4 is 11.1 Å². The van der Waals surface area contributed by atoms with Crippen LogP contribution in [-0.2, 0) is 0 Å². The van der Waals surface area contributed by atoms with Crippen LogP contribution >= 0.6 is 23.6 Å². The number of hydrogen-bond donors (Lipinski definition) is 2. The highest BCUT2D eigenvalue weighted by atomic mass is 32.1. The molecule has 0 radical (unpaired) electrons. The standard InChI is InChI=1S/C15H20N4S2/c1-4-6-11(12-7-5-8-21-12)17-15-13(14(16)20)9(2)10(3)18-19-15/h5,7-8,11H,4,6H2,1-3H3,(H2,16,20)(H,17,19). The van der Waals surface area contributed by atoms with Gasteiger partial charge in [-0.3, -0.25) is 0 Å². The van der Waals surface area contributed by atoms with Crippen LogP contribution in [0.5, 0.6) is 0 Å². The smallest absolute Gasteiger partial charge is 0.159 e. The molecule has 0 saturated heterocycles. The van der Waals surface area contributed by atoms with E-state index in [0.29, 0.717) is 10.8 Å². The second-order valence-electron chi connectivity index (χ2n) is 5.00. The minimum Gasteiger partial charge on any atom is -0.389 e. The predicted molar refractivity (Wildman–Crippen MR) is 93.0 cm³/mol. The molecule has 6 heteroatoms. The van der Waals surface area contributed by atoms with Crippen molar-refractivity contribution in [2.24, 2.45) is 5.73 Å². The average molecular weight is 320 g/mol. The van der Waals surface area contributed by atoms with Crippen LogP contribution in [0.15, 0.2) is 17.5 Å². The number of nitrogens with two attached hydrogens (primary N) is 1. The van der Waals surface area contributed by atoms with Crippen molar-refractivity contribution >= 4 is 34.4 Å². The van der Waals surface area contributed by atoms with Crippen LogP contribution in [-0.4, -0.2) is 15.2 Å². The zero-order valence-corrected chi connectivity index (χ0v) is 14.1. The van der Waals surface area contributed by atoms with E-state index in [4.69, 9.17) is 18.0 Å². The molecule has 0 amide bonds. The fourth-order valence-electron chi connectivity index (χ4n) is 2.24. The van der Waals surface area contributed by atoms with E-state index >= 15 is 0 Å². The van der Waals surface area contributed by atoms with Gasteiger partial charge in [-0.1, -0.05) is 31.6 Å². The Hall–Kier alpha value is -1.53. The summed E-state index contributed by atoms with van der Waals surface area (Å²) in [5.74, 6) is 0.678. The number of rotatable bonds is 6. The Balaban J connectivity index is 2.37. The minimum atomic E-state index is 0.208. The number of aryl methyl sites for hydroxylation is 1. The molecule has 0 bridgehead atoms. The molecule has 1 unspecified atom stereocenters. The number of aromatic nitrogens is 2. The average Bonchev–Trinajstić information content (AvgIpc) is 2.96. The maximum Gasteiger partial charge on any atom is 0.159 e. The molecule has 0 aliphatic rings. The third kappa shape index (κ3) is 3.57. The molecule has 3 N–H and O–H groups in total. The summed E-state index contributed by atoms with van der Waals surface area (Å²) in [6.45, 7) is 6.06. The van der Waals surface area contributed by atoms with Crippen molar-refractivity contribution < 1.29 is 0 Å². The van der Waals surface area contributed by atoms with E-state index in [9.17, 15) is 0 Å². The molecule has 2 rings (SSSR count). The molecule has 4 nitrogen and oxygen atoms in total. The molecule has 0 aromatic carbocycles. The van der Waals surface area contributed by atoms with Crippen LogP contribution in [0.1, 0.15) is 47.5 Å². The lowest BCUT2D eigenvalue weighted by molar-refractivity contribution is 0.681. The molecule has 0 saturated carbocycles. The van der Waals surface area contributed by atoms with Crippen LogP contribution in [0.4, 0.5) is 5.82 Å². The normalized spacial score (nSPS) is 12.1. The van der Waals surface area contributed by atoms with Crippen LogP contribution in [0.3, 0.4) is 0 Å².